The molecule has 3 atom stereocenters. The van der Waals surface area contributed by atoms with Gasteiger partial charge < -0.3 is 28.4 Å². The van der Waals surface area contributed by atoms with Crippen molar-refractivity contribution in [3.8, 4) is 5.88 Å². The van der Waals surface area contributed by atoms with Crippen LogP contribution >= 0.6 is 11.7 Å². The Kier molecular flexibility index (Phi) is 45.8. The smallest absolute Gasteiger partial charge is 0.475 e. The maximum absolute atomic E-state index is 13.2. The molecule has 0 bridgehead atoms. The van der Waals surface area contributed by atoms with Gasteiger partial charge in [0.15, 0.2) is 6.10 Å². The predicted molar refractivity (Wildman–Crippen MR) is 328 cm³/mol. The number of hydrogen-bond acceptors (Lipinski definition) is 13. The van der Waals surface area contributed by atoms with Gasteiger partial charge in [-0.25, -0.2) is 4.79 Å². The summed E-state index contributed by atoms with van der Waals surface area (Å²) in [4.78, 5) is 51.4. The minimum Gasteiger partial charge on any atom is -0.475 e. The highest BCUT2D eigenvalue weighted by molar-refractivity contribution is 6.99. The summed E-state index contributed by atoms with van der Waals surface area (Å²) in [6.07, 6.45) is 48.3. The average molecular weight is 1150 g/mol. The molecule has 0 N–H and O–H groups in total. The van der Waals surface area contributed by atoms with Gasteiger partial charge in [0.05, 0.1) is 38.5 Å². The third-order valence-electron chi connectivity index (χ3n) is 16.2. The Hall–Kier alpha value is -3.26. The minimum absolute atomic E-state index is 0.106. The maximum Gasteiger partial charge on any atom is 0.512 e. The molecular formula is C66H120N3O10S+. The van der Waals surface area contributed by atoms with Gasteiger partial charge in [0, 0.05) is 38.2 Å². The van der Waals surface area contributed by atoms with E-state index in [0.29, 0.717) is 43.0 Å². The van der Waals surface area contributed by atoms with Gasteiger partial charge in [0.1, 0.15) is 25.5 Å². The van der Waals surface area contributed by atoms with Gasteiger partial charge in [0.2, 0.25) is 6.23 Å². The molecule has 1 aromatic rings. The van der Waals surface area contributed by atoms with E-state index in [1.54, 1.807) is 0 Å². The molecule has 0 saturated heterocycles. The number of aromatic nitrogens is 2. The van der Waals surface area contributed by atoms with E-state index in [2.05, 4.69) is 49.6 Å². The summed E-state index contributed by atoms with van der Waals surface area (Å²) in [5, 5.41) is 0. The molecule has 1 aromatic heterocycles. The third kappa shape index (κ3) is 39.3. The Morgan fingerprint density at radius 3 is 1.43 bits per heavy atom. The second-order valence-electron chi connectivity index (χ2n) is 23.9. The first-order chi connectivity index (χ1) is 39.0. The van der Waals surface area contributed by atoms with Crippen molar-refractivity contribution in [2.24, 2.45) is 5.92 Å². The highest BCUT2D eigenvalue weighted by atomic mass is 32.1. The molecular weight excluding hydrogens is 1030 g/mol. The highest BCUT2D eigenvalue weighted by Crippen LogP contribution is 2.32. The van der Waals surface area contributed by atoms with Gasteiger partial charge >= 0.3 is 24.1 Å². The van der Waals surface area contributed by atoms with E-state index in [9.17, 15) is 19.2 Å². The zero-order chi connectivity index (χ0) is 58.0. The van der Waals surface area contributed by atoms with Crippen LogP contribution in [0, 0.1) is 5.92 Å². The summed E-state index contributed by atoms with van der Waals surface area (Å²) < 4.78 is 43.9. The van der Waals surface area contributed by atoms with Crippen LogP contribution in [0.5, 0.6) is 5.88 Å². The normalized spacial score (nSPS) is 15.1. The lowest BCUT2D eigenvalue weighted by Gasteiger charge is -2.41. The molecule has 0 saturated carbocycles. The van der Waals surface area contributed by atoms with E-state index in [4.69, 9.17) is 28.4 Å². The summed E-state index contributed by atoms with van der Waals surface area (Å²) in [5.74, 6) is -0.198. The Balaban J connectivity index is 1.62. The van der Waals surface area contributed by atoms with Gasteiger partial charge in [-0.05, 0) is 31.6 Å². The molecule has 0 spiro atoms. The molecule has 80 heavy (non-hydrogen) atoms. The summed E-state index contributed by atoms with van der Waals surface area (Å²) in [6.45, 7) is 13.0. The lowest BCUT2D eigenvalue weighted by molar-refractivity contribution is -0.944. The molecule has 1 aliphatic heterocycles. The number of ether oxygens (including phenoxy) is 6. The molecule has 2 heterocycles. The van der Waals surface area contributed by atoms with E-state index >= 15 is 0 Å². The van der Waals surface area contributed by atoms with Gasteiger partial charge in [-0.15, -0.1) is 4.37 Å². The van der Waals surface area contributed by atoms with Gasteiger partial charge in [-0.1, -0.05) is 258 Å². The molecule has 13 nitrogen and oxygen atoms in total. The fourth-order valence-corrected chi connectivity index (χ4v) is 11.2. The number of hydrogen-bond donors (Lipinski definition) is 0. The molecule has 464 valence electrons. The van der Waals surface area contributed by atoms with Crippen molar-refractivity contribution < 1.29 is 52.1 Å². The predicted octanol–water partition coefficient (Wildman–Crippen LogP) is 18.7. The van der Waals surface area contributed by atoms with Crippen molar-refractivity contribution in [3.63, 3.8) is 0 Å². The number of carbonyl (C=O) groups is 4. The monoisotopic (exact) mass is 1150 g/mol. The fourth-order valence-electron chi connectivity index (χ4n) is 10.7. The van der Waals surface area contributed by atoms with Crippen LogP contribution in [-0.4, -0.2) is 96.2 Å². The van der Waals surface area contributed by atoms with Gasteiger partial charge in [-0.3, -0.25) is 18.9 Å². The second kappa shape index (κ2) is 50.3. The standard InChI is InChI=1S/C66H120N3O10S/c1-7-10-13-16-18-20-22-24-26-28-33-37-41-48-61(70)76-55-60(56-77-62(71)49-42-38-34-29-27-25-23-21-19-17-14-11-8-2)79-63(72)53-57(4)46-40-36-32-30-31-35-39-44-52-75-66(73)78-58(5)69(6)50-45-47-59(54-69)64-65(68-80-67-64)74-51-43-15-12-9-3/h47,57-58,60H,7-46,48-56H2,1-6H3/q+1. The summed E-state index contributed by atoms with van der Waals surface area (Å²) in [6, 6.07) is 0. The third-order valence-corrected chi connectivity index (χ3v) is 16.7. The molecule has 0 radical (unpaired) electrons. The Morgan fingerprint density at radius 2 is 0.938 bits per heavy atom. The van der Waals surface area contributed by atoms with Crippen molar-refractivity contribution in [3.05, 3.63) is 11.8 Å². The van der Waals surface area contributed by atoms with Crippen LogP contribution in [0.25, 0.3) is 5.57 Å². The number of quaternary nitrogens is 1. The van der Waals surface area contributed by atoms with Crippen LogP contribution < -0.4 is 4.74 Å². The number of nitrogens with zero attached hydrogens (tertiary/aromatic N) is 3. The molecule has 0 aromatic carbocycles. The lowest BCUT2D eigenvalue weighted by Crippen LogP contribution is -2.55. The summed E-state index contributed by atoms with van der Waals surface area (Å²) in [5.41, 5.74) is 1.88. The number of esters is 3. The van der Waals surface area contributed by atoms with Crippen molar-refractivity contribution in [2.75, 3.05) is 46.6 Å². The van der Waals surface area contributed by atoms with Gasteiger partial charge in [-0.2, -0.15) is 4.37 Å². The van der Waals surface area contributed by atoms with Crippen molar-refractivity contribution >= 4 is 41.4 Å². The molecule has 0 fully saturated rings. The largest absolute Gasteiger partial charge is 0.512 e. The zero-order valence-corrected chi connectivity index (χ0v) is 53.1. The SMILES string of the molecule is CCCCCCCCCCCCCCCC(=O)OCC(COC(=O)CCCCCCCCCCCCCCC)OC(=O)CC(C)CCCCCCCCCCOC(=O)OC(C)[N+]1(C)CCC=C(c2nsnc2OCCCCCC)C1. The van der Waals surface area contributed by atoms with Crippen LogP contribution in [0.4, 0.5) is 4.79 Å². The first-order valence-electron chi connectivity index (χ1n) is 33.3. The number of carbonyl (C=O) groups excluding carboxylic acids is 4. The zero-order valence-electron chi connectivity index (χ0n) is 52.3. The highest BCUT2D eigenvalue weighted by Gasteiger charge is 2.37. The second-order valence-corrected chi connectivity index (χ2v) is 24.4. The van der Waals surface area contributed by atoms with Gasteiger partial charge in [0.25, 0.3) is 5.88 Å². The van der Waals surface area contributed by atoms with Crippen molar-refractivity contribution in [1.82, 2.24) is 8.75 Å². The van der Waals surface area contributed by atoms with E-state index < -0.39 is 12.3 Å². The van der Waals surface area contributed by atoms with E-state index in [-0.39, 0.29) is 49.7 Å². The number of likely N-dealkylation sites (N-methyl/N-ethyl adjacent to an activating group) is 1. The van der Waals surface area contributed by atoms with Crippen molar-refractivity contribution in [1.29, 1.82) is 0 Å². The molecule has 0 aliphatic carbocycles. The molecule has 2 rings (SSSR count). The molecule has 0 amide bonds. The van der Waals surface area contributed by atoms with Crippen LogP contribution in [0.1, 0.15) is 316 Å². The van der Waals surface area contributed by atoms with E-state index in [1.165, 1.54) is 153 Å². The lowest BCUT2D eigenvalue weighted by atomic mass is 9.99. The molecule has 3 unspecified atom stereocenters. The Bertz CT molecular complexity index is 1660. The number of unbranched alkanes of at least 4 members (excludes halogenated alkanes) is 34. The van der Waals surface area contributed by atoms with Crippen LogP contribution in [-0.2, 0) is 38.1 Å². The maximum atomic E-state index is 13.2. The minimum atomic E-state index is -0.820. The Labute approximate surface area is 493 Å². The van der Waals surface area contributed by atoms with E-state index in [0.717, 1.165) is 133 Å². The van der Waals surface area contributed by atoms with Crippen LogP contribution in [0.2, 0.25) is 0 Å². The first kappa shape index (κ1) is 72.8. The molecule has 14 heteroatoms. The first-order valence-corrected chi connectivity index (χ1v) is 34.1. The van der Waals surface area contributed by atoms with Crippen molar-refractivity contribution in [2.45, 2.75) is 323 Å². The quantitative estimate of drug-likeness (QED) is 0.0264. The fraction of sp³-hybridized carbons (Fsp3) is 0.879. The number of rotatable bonds is 55. The van der Waals surface area contributed by atoms with E-state index in [1.807, 2.05) is 6.92 Å². The molecule has 1 aliphatic rings. The topological polar surface area (TPSA) is 149 Å². The Morgan fingerprint density at radius 1 is 0.512 bits per heavy atom. The summed E-state index contributed by atoms with van der Waals surface area (Å²) >= 11 is 1.17. The average Bonchev–Trinajstić information content (AvgIpc) is 3.95. The summed E-state index contributed by atoms with van der Waals surface area (Å²) in [7, 11) is 2.11. The van der Waals surface area contributed by atoms with Crippen LogP contribution in [0.15, 0.2) is 6.08 Å². The van der Waals surface area contributed by atoms with Crippen LogP contribution in [0.3, 0.4) is 0 Å².